The number of nitrogens with two attached hydrogens (primary N) is 4. The molecular formula is C30H42N10O25P6S2. The summed E-state index contributed by atoms with van der Waals surface area (Å²) in [5.41, 5.74) is 23.1. The molecule has 43 heteroatoms. The minimum Gasteiger partial charge on any atom is -0.383 e. The summed E-state index contributed by atoms with van der Waals surface area (Å²) in [5, 5.41) is 0.334. The van der Waals surface area contributed by atoms with E-state index in [4.69, 9.17) is 70.5 Å². The molecular weight excluding hydrogens is 1150 g/mol. The van der Waals surface area contributed by atoms with Gasteiger partial charge in [-0.2, -0.15) is 22.2 Å². The number of hydrogen-bond acceptors (Lipinski definition) is 26. The molecule has 17 N–H and O–H groups in total. The van der Waals surface area contributed by atoms with Crippen LogP contribution in [0.3, 0.4) is 0 Å². The van der Waals surface area contributed by atoms with Gasteiger partial charge in [0.25, 0.3) is 5.56 Å². The lowest BCUT2D eigenvalue weighted by atomic mass is 10.2. The molecule has 4 aromatic heterocycles. The highest BCUT2D eigenvalue weighted by molar-refractivity contribution is 8.76. The van der Waals surface area contributed by atoms with Crippen molar-refractivity contribution >= 4 is 102 Å². The number of anilines is 2. The molecule has 0 amide bonds. The summed E-state index contributed by atoms with van der Waals surface area (Å²) >= 11 is 0. The predicted molar refractivity (Wildman–Crippen MR) is 250 cm³/mol. The van der Waals surface area contributed by atoms with E-state index in [-0.39, 0.29) is 71.8 Å². The quantitative estimate of drug-likeness (QED) is 0.0156. The molecule has 4 aromatic rings. The van der Waals surface area contributed by atoms with Crippen LogP contribution < -0.4 is 28.5 Å². The van der Waals surface area contributed by atoms with Crippen LogP contribution in [-0.2, 0) is 72.6 Å². The molecule has 0 saturated carbocycles. The van der Waals surface area contributed by atoms with Crippen LogP contribution in [0, 0.1) is 23.7 Å². The number of aromatic amines is 1. The number of rotatable bonds is 23. The maximum absolute atomic E-state index is 12.9. The lowest BCUT2D eigenvalue weighted by Gasteiger charge is -2.21. The van der Waals surface area contributed by atoms with Gasteiger partial charge in [0.1, 0.15) is 54.3 Å². The largest absolute Gasteiger partial charge is 0.490 e. The van der Waals surface area contributed by atoms with Gasteiger partial charge in [-0.1, -0.05) is 45.3 Å². The van der Waals surface area contributed by atoms with Crippen LogP contribution in [0.15, 0.2) is 23.5 Å². The van der Waals surface area contributed by atoms with E-state index < -0.39 is 103 Å². The molecule has 2 fully saturated rings. The summed E-state index contributed by atoms with van der Waals surface area (Å²) in [6, 6.07) is 0. The molecule has 2 saturated heterocycles. The molecule has 6 rings (SSSR count). The average Bonchev–Trinajstić information content (AvgIpc) is 4.02. The molecule has 404 valence electrons. The Bertz CT molecular complexity index is 3170. The van der Waals surface area contributed by atoms with E-state index in [1.807, 2.05) is 0 Å². The summed E-state index contributed by atoms with van der Waals surface area (Å²) < 4.78 is 124. The lowest BCUT2D eigenvalue weighted by molar-refractivity contribution is -0.0523. The van der Waals surface area contributed by atoms with Gasteiger partial charge in [-0.05, 0) is 0 Å². The normalized spacial score (nSPS) is 23.8. The number of nitrogen functional groups attached to an aromatic ring is 2. The maximum atomic E-state index is 12.9. The molecule has 35 nitrogen and oxygen atoms in total. The van der Waals surface area contributed by atoms with Crippen LogP contribution in [0.2, 0.25) is 0 Å². The third kappa shape index (κ3) is 16.8. The van der Waals surface area contributed by atoms with Gasteiger partial charge in [0.15, 0.2) is 5.65 Å². The highest BCUT2D eigenvalue weighted by Crippen LogP contribution is 2.67. The standard InChI is InChI=1S/C30H42N10O25P6S2/c31-5-1-3-16-9-39(27-24(16)26(33)35-13-36-27)22-7-18(20(60-22)11-58-68(48,49)64-70(52,53)62-66(42,43)44)56-14-72-73-15-57-19-8-23(40-10-17(4-2-6-32)25-28(40)37-30(34)38-29(25)41)61-21(19)12-59-69(50,51)65-71(54,55)63-67(45,46)47/h9-10,13,18-23H,5-8,11-12,14-15,31-32H2,(H,48,49)(H,50,51)(H,52,53)(H,54,55)(H2,33,35,36)(H2,42,43,44)(H2,45,46,47)(H3,34,37,38,41)/t18?,19?,20-,21-,22-,23-/m1/s1. The Morgan fingerprint density at radius 3 is 1.58 bits per heavy atom. The van der Waals surface area contributed by atoms with Gasteiger partial charge in [-0.25, -0.2) is 37.4 Å². The predicted octanol–water partition coefficient (Wildman–Crippen LogP) is 0.283. The minimum absolute atomic E-state index is 0.00270. The second-order valence-corrected chi connectivity index (χ2v) is 25.6. The van der Waals surface area contributed by atoms with Crippen molar-refractivity contribution in [2.75, 3.05) is 49.6 Å². The van der Waals surface area contributed by atoms with Crippen LogP contribution in [0.1, 0.15) is 36.4 Å². The van der Waals surface area contributed by atoms with Crippen LogP contribution in [0.4, 0.5) is 11.8 Å². The second-order valence-electron chi connectivity index (χ2n) is 14.4. The average molecular weight is 1190 g/mol. The van der Waals surface area contributed by atoms with E-state index in [9.17, 15) is 51.8 Å². The van der Waals surface area contributed by atoms with E-state index >= 15 is 0 Å². The number of H-pyrrole nitrogens is 1. The molecule has 73 heavy (non-hydrogen) atoms. The van der Waals surface area contributed by atoms with E-state index in [1.165, 1.54) is 27.9 Å². The van der Waals surface area contributed by atoms with Gasteiger partial charge >= 0.3 is 46.9 Å². The van der Waals surface area contributed by atoms with Gasteiger partial charge < -0.3 is 90.2 Å². The van der Waals surface area contributed by atoms with Crippen molar-refractivity contribution in [3.8, 4) is 23.7 Å². The smallest absolute Gasteiger partial charge is 0.383 e. The summed E-state index contributed by atoms with van der Waals surface area (Å²) in [4.78, 5) is 103. The minimum atomic E-state index is -5.90. The van der Waals surface area contributed by atoms with Crippen molar-refractivity contribution in [3.63, 3.8) is 0 Å². The zero-order valence-corrected chi connectivity index (χ0v) is 43.4. The van der Waals surface area contributed by atoms with E-state index in [0.29, 0.717) is 10.9 Å². The molecule has 0 radical (unpaired) electrons. The molecule has 0 aliphatic carbocycles. The monoisotopic (exact) mass is 1190 g/mol. The van der Waals surface area contributed by atoms with Gasteiger partial charge in [0.05, 0.1) is 60.4 Å². The summed E-state index contributed by atoms with van der Waals surface area (Å²) in [5.74, 6) is 10.3. The Morgan fingerprint density at radius 2 is 1.12 bits per heavy atom. The van der Waals surface area contributed by atoms with Crippen molar-refractivity contribution in [1.29, 1.82) is 0 Å². The first-order chi connectivity index (χ1) is 34.0. The molecule has 2 aliphatic rings. The van der Waals surface area contributed by atoms with E-state index in [2.05, 4.69) is 60.9 Å². The fourth-order valence-electron chi connectivity index (χ4n) is 6.84. The number of nitrogens with one attached hydrogen (secondary N) is 1. The number of phosphoric acid groups is 6. The Labute approximate surface area is 416 Å². The zero-order valence-electron chi connectivity index (χ0n) is 36.4. The Hall–Kier alpha value is -2.96. The molecule has 0 bridgehead atoms. The van der Waals surface area contributed by atoms with Crippen LogP contribution >= 0.6 is 68.5 Å². The highest BCUT2D eigenvalue weighted by Gasteiger charge is 2.46. The van der Waals surface area contributed by atoms with Crippen molar-refractivity contribution in [3.05, 3.63) is 40.2 Å². The Kier molecular flexibility index (Phi) is 19.6. The van der Waals surface area contributed by atoms with E-state index in [0.717, 1.165) is 21.6 Å². The lowest BCUT2D eigenvalue weighted by Crippen LogP contribution is -2.29. The first-order valence-corrected chi connectivity index (χ1v) is 31.3. The Morgan fingerprint density at radius 1 is 0.671 bits per heavy atom. The highest BCUT2D eigenvalue weighted by atomic mass is 33.1. The van der Waals surface area contributed by atoms with Crippen molar-refractivity contribution < 1.29 is 112 Å². The molecule has 0 aromatic carbocycles. The van der Waals surface area contributed by atoms with Crippen LogP contribution in [0.25, 0.3) is 22.1 Å². The number of nitrogens with zero attached hydrogens (tertiary/aromatic N) is 5. The van der Waals surface area contributed by atoms with Gasteiger partial charge in [-0.15, -0.1) is 0 Å². The molecule has 6 unspecified atom stereocenters. The van der Waals surface area contributed by atoms with Gasteiger partial charge in [0, 0.05) is 25.2 Å². The third-order valence-corrected chi connectivity index (χ3v) is 18.7. The number of aromatic nitrogens is 6. The fourth-order valence-corrected chi connectivity index (χ4v) is 14.2. The van der Waals surface area contributed by atoms with Crippen molar-refractivity contribution in [1.82, 2.24) is 29.1 Å². The molecule has 6 heterocycles. The zero-order chi connectivity index (χ0) is 53.7. The summed E-state index contributed by atoms with van der Waals surface area (Å²) in [6.45, 7) is -1.94. The van der Waals surface area contributed by atoms with Crippen LogP contribution in [-0.4, -0.2) is 131 Å². The SMILES string of the molecule is NCC#Cc1cn([C@H]2CC(OCSSCOC3C[C@H](n4cc(C#CCN)c5c(=O)[nH]c(N)nc54)O[C@@H]3COP(=O)(O)OP(=O)(O)OP(=O)(O)O)[C@@H](COP(=O)(O)OP(=O)(O)OP(=O)(O)O)O2)c2ncnc(N)c12. The van der Waals surface area contributed by atoms with Crippen molar-refractivity contribution in [2.45, 2.75) is 49.7 Å². The first-order valence-electron chi connectivity index (χ1n) is 19.7. The molecule has 0 spiro atoms. The van der Waals surface area contributed by atoms with Gasteiger partial charge in [-0.3, -0.25) is 18.8 Å². The molecule has 2 aliphatic heterocycles. The first kappa shape index (κ1) is 59.3. The number of fused-ring (bicyclic) bond motifs is 2. The fraction of sp³-hybridized carbons (Fsp3) is 0.467. The maximum Gasteiger partial charge on any atom is 0.490 e. The number of hydrogen-bond donors (Lipinski definition) is 13. The van der Waals surface area contributed by atoms with E-state index in [1.54, 1.807) is 0 Å². The summed E-state index contributed by atoms with van der Waals surface area (Å²) in [7, 11) is -32.4. The Balaban J connectivity index is 1.16. The third-order valence-electron chi connectivity index (χ3n) is 9.35. The number of phosphoric ester groups is 2. The van der Waals surface area contributed by atoms with Crippen molar-refractivity contribution in [2.24, 2.45) is 11.5 Å². The second kappa shape index (κ2) is 24.2. The molecule has 10 atom stereocenters. The topological polar surface area (TPSA) is 542 Å². The van der Waals surface area contributed by atoms with Gasteiger partial charge in [0.2, 0.25) is 5.95 Å². The summed E-state index contributed by atoms with van der Waals surface area (Å²) in [6.07, 6.45) is -2.91. The van der Waals surface area contributed by atoms with Crippen LogP contribution in [0.5, 0.6) is 0 Å². The number of ether oxygens (including phenoxy) is 4.